The highest BCUT2D eigenvalue weighted by atomic mass is 79.9. The van der Waals surface area contributed by atoms with Crippen molar-refractivity contribution in [1.29, 1.82) is 0 Å². The molecule has 1 saturated heterocycles. The SMILES string of the molecule is CC[C@]1(c2ccc(Cl)cc2)NC(=O)N(Cc2ccc(Br)cc2)C1=O. The molecule has 1 heterocycles. The van der Waals surface area contributed by atoms with Gasteiger partial charge in [-0.15, -0.1) is 0 Å². The molecule has 24 heavy (non-hydrogen) atoms. The maximum Gasteiger partial charge on any atom is 0.325 e. The molecule has 0 aromatic heterocycles. The van der Waals surface area contributed by atoms with Gasteiger partial charge in [0.15, 0.2) is 0 Å². The molecule has 1 fully saturated rings. The van der Waals surface area contributed by atoms with Crippen molar-refractivity contribution in [1.82, 2.24) is 10.2 Å². The van der Waals surface area contributed by atoms with E-state index in [9.17, 15) is 9.59 Å². The summed E-state index contributed by atoms with van der Waals surface area (Å²) in [6, 6.07) is 14.2. The first-order chi connectivity index (χ1) is 11.5. The predicted molar refractivity (Wildman–Crippen MR) is 96.6 cm³/mol. The van der Waals surface area contributed by atoms with Gasteiger partial charge < -0.3 is 5.32 Å². The Morgan fingerprint density at radius 3 is 2.29 bits per heavy atom. The van der Waals surface area contributed by atoms with Crippen LogP contribution in [0.1, 0.15) is 24.5 Å². The van der Waals surface area contributed by atoms with Gasteiger partial charge in [0.25, 0.3) is 5.91 Å². The number of amides is 3. The van der Waals surface area contributed by atoms with Crippen LogP contribution in [0.2, 0.25) is 5.02 Å². The Morgan fingerprint density at radius 1 is 1.08 bits per heavy atom. The fraction of sp³-hybridized carbons (Fsp3) is 0.222. The first-order valence-corrected chi connectivity index (χ1v) is 8.78. The van der Waals surface area contributed by atoms with Crippen molar-refractivity contribution in [3.05, 3.63) is 69.2 Å². The summed E-state index contributed by atoms with van der Waals surface area (Å²) in [6.07, 6.45) is 0.468. The highest BCUT2D eigenvalue weighted by Crippen LogP contribution is 2.33. The minimum Gasteiger partial charge on any atom is -0.319 e. The third kappa shape index (κ3) is 2.94. The predicted octanol–water partition coefficient (Wildman–Crippen LogP) is 4.46. The van der Waals surface area contributed by atoms with E-state index in [0.29, 0.717) is 11.4 Å². The number of halogens is 2. The van der Waals surface area contributed by atoms with Crippen molar-refractivity contribution in [2.24, 2.45) is 0 Å². The van der Waals surface area contributed by atoms with Crippen LogP contribution in [0, 0.1) is 0 Å². The summed E-state index contributed by atoms with van der Waals surface area (Å²) >= 11 is 9.31. The van der Waals surface area contributed by atoms with Gasteiger partial charge in [-0.1, -0.05) is 58.7 Å². The molecule has 1 aliphatic heterocycles. The molecule has 1 N–H and O–H groups in total. The van der Waals surface area contributed by atoms with Gasteiger partial charge in [-0.25, -0.2) is 4.79 Å². The Hall–Kier alpha value is -1.85. The molecule has 1 aliphatic rings. The Labute approximate surface area is 153 Å². The van der Waals surface area contributed by atoms with E-state index in [1.165, 1.54) is 4.90 Å². The summed E-state index contributed by atoms with van der Waals surface area (Å²) in [4.78, 5) is 26.7. The summed E-state index contributed by atoms with van der Waals surface area (Å²) in [5, 5.41) is 3.46. The number of imide groups is 1. The number of nitrogens with one attached hydrogen (secondary N) is 1. The molecule has 124 valence electrons. The van der Waals surface area contributed by atoms with E-state index in [2.05, 4.69) is 21.2 Å². The van der Waals surface area contributed by atoms with Crippen LogP contribution in [0.3, 0.4) is 0 Å². The normalized spacial score (nSPS) is 20.4. The molecule has 0 aliphatic carbocycles. The lowest BCUT2D eigenvalue weighted by atomic mass is 9.87. The maximum absolute atomic E-state index is 13.0. The van der Waals surface area contributed by atoms with Gasteiger partial charge in [0.05, 0.1) is 6.54 Å². The zero-order valence-corrected chi connectivity index (χ0v) is 15.4. The minimum atomic E-state index is -1.03. The summed E-state index contributed by atoms with van der Waals surface area (Å²) in [6.45, 7) is 2.13. The third-order valence-electron chi connectivity index (χ3n) is 4.30. The molecule has 0 radical (unpaired) electrons. The first-order valence-electron chi connectivity index (χ1n) is 7.61. The van der Waals surface area contributed by atoms with Crippen molar-refractivity contribution < 1.29 is 9.59 Å². The number of benzene rings is 2. The molecule has 3 amide bonds. The lowest BCUT2D eigenvalue weighted by Gasteiger charge is -2.26. The van der Waals surface area contributed by atoms with Crippen molar-refractivity contribution in [2.45, 2.75) is 25.4 Å². The van der Waals surface area contributed by atoms with Gasteiger partial charge in [0.1, 0.15) is 5.54 Å². The molecule has 2 aromatic carbocycles. The average Bonchev–Trinajstić information content (AvgIpc) is 2.82. The van der Waals surface area contributed by atoms with Crippen molar-refractivity contribution >= 4 is 39.5 Å². The molecular formula is C18H16BrClN2O2. The van der Waals surface area contributed by atoms with E-state index >= 15 is 0 Å². The van der Waals surface area contributed by atoms with E-state index in [1.807, 2.05) is 31.2 Å². The largest absolute Gasteiger partial charge is 0.325 e. The average molecular weight is 408 g/mol. The second-order valence-electron chi connectivity index (χ2n) is 5.71. The molecular weight excluding hydrogens is 392 g/mol. The van der Waals surface area contributed by atoms with Crippen LogP contribution >= 0.6 is 27.5 Å². The van der Waals surface area contributed by atoms with E-state index < -0.39 is 5.54 Å². The van der Waals surface area contributed by atoms with E-state index in [-0.39, 0.29) is 18.5 Å². The number of urea groups is 1. The number of carbonyl (C=O) groups excluding carboxylic acids is 2. The Morgan fingerprint density at radius 2 is 1.71 bits per heavy atom. The number of hydrogen-bond donors (Lipinski definition) is 1. The van der Waals surface area contributed by atoms with Crippen LogP contribution < -0.4 is 5.32 Å². The summed E-state index contributed by atoms with van der Waals surface area (Å²) in [5.41, 5.74) is 0.604. The van der Waals surface area contributed by atoms with Crippen LogP contribution in [-0.2, 0) is 16.9 Å². The molecule has 1 atom stereocenters. The van der Waals surface area contributed by atoms with E-state index in [0.717, 1.165) is 15.6 Å². The van der Waals surface area contributed by atoms with Crippen molar-refractivity contribution in [3.8, 4) is 0 Å². The van der Waals surface area contributed by atoms with Gasteiger partial charge in [-0.3, -0.25) is 9.69 Å². The molecule has 0 saturated carbocycles. The second-order valence-corrected chi connectivity index (χ2v) is 7.07. The fourth-order valence-corrected chi connectivity index (χ4v) is 3.31. The lowest BCUT2D eigenvalue weighted by Crippen LogP contribution is -2.43. The smallest absolute Gasteiger partial charge is 0.319 e. The van der Waals surface area contributed by atoms with Crippen LogP contribution in [0.25, 0.3) is 0 Å². The van der Waals surface area contributed by atoms with Gasteiger partial charge in [0, 0.05) is 9.50 Å². The zero-order chi connectivity index (χ0) is 17.3. The van der Waals surface area contributed by atoms with Gasteiger partial charge in [-0.2, -0.15) is 0 Å². The summed E-state index contributed by atoms with van der Waals surface area (Å²) < 4.78 is 0.951. The molecule has 3 rings (SSSR count). The summed E-state index contributed by atoms with van der Waals surface area (Å²) in [7, 11) is 0. The van der Waals surface area contributed by atoms with Crippen LogP contribution in [0.4, 0.5) is 4.79 Å². The Kier molecular flexibility index (Phi) is 4.65. The maximum atomic E-state index is 13.0. The van der Waals surface area contributed by atoms with Gasteiger partial charge in [-0.05, 0) is 41.8 Å². The van der Waals surface area contributed by atoms with Crippen LogP contribution in [-0.4, -0.2) is 16.8 Å². The third-order valence-corrected chi connectivity index (χ3v) is 5.08. The Balaban J connectivity index is 1.91. The first kappa shape index (κ1) is 17.0. The lowest BCUT2D eigenvalue weighted by molar-refractivity contribution is -0.132. The highest BCUT2D eigenvalue weighted by molar-refractivity contribution is 9.10. The van der Waals surface area contributed by atoms with Crippen molar-refractivity contribution in [3.63, 3.8) is 0 Å². The number of hydrogen-bond acceptors (Lipinski definition) is 2. The molecule has 2 aromatic rings. The second kappa shape index (κ2) is 6.57. The zero-order valence-electron chi connectivity index (χ0n) is 13.1. The minimum absolute atomic E-state index is 0.236. The van der Waals surface area contributed by atoms with E-state index in [4.69, 9.17) is 11.6 Å². The standard InChI is InChI=1S/C18H16BrClN2O2/c1-2-18(13-5-9-15(20)10-6-13)16(23)22(17(24)21-18)11-12-3-7-14(19)8-4-12/h3-10H,2,11H2,1H3,(H,21,24)/t18-/m1/s1. The van der Waals surface area contributed by atoms with Gasteiger partial charge in [0.2, 0.25) is 0 Å². The van der Waals surface area contributed by atoms with Crippen LogP contribution in [0.5, 0.6) is 0 Å². The Bertz CT molecular complexity index is 777. The molecule has 0 spiro atoms. The number of rotatable bonds is 4. The topological polar surface area (TPSA) is 49.4 Å². The molecule has 4 nitrogen and oxygen atoms in total. The number of carbonyl (C=O) groups is 2. The fourth-order valence-electron chi connectivity index (χ4n) is 2.92. The number of nitrogens with zero attached hydrogens (tertiary/aromatic N) is 1. The monoisotopic (exact) mass is 406 g/mol. The van der Waals surface area contributed by atoms with Crippen molar-refractivity contribution in [2.75, 3.05) is 0 Å². The quantitative estimate of drug-likeness (QED) is 0.761. The van der Waals surface area contributed by atoms with Crippen LogP contribution in [0.15, 0.2) is 53.0 Å². The highest BCUT2D eigenvalue weighted by Gasteiger charge is 2.51. The summed E-state index contributed by atoms with van der Waals surface area (Å²) in [5.74, 6) is -0.236. The van der Waals surface area contributed by atoms with E-state index in [1.54, 1.807) is 24.3 Å². The van der Waals surface area contributed by atoms with Gasteiger partial charge >= 0.3 is 6.03 Å². The molecule has 0 unspecified atom stereocenters. The molecule has 0 bridgehead atoms. The molecule has 6 heteroatoms.